The van der Waals surface area contributed by atoms with E-state index in [4.69, 9.17) is 0 Å². The maximum Gasteiger partial charge on any atom is 0.0361 e. The van der Waals surface area contributed by atoms with Gasteiger partial charge in [0.15, 0.2) is 0 Å². The monoisotopic (exact) mass is 764 g/mol. The van der Waals surface area contributed by atoms with Gasteiger partial charge in [0.25, 0.3) is 0 Å². The van der Waals surface area contributed by atoms with Crippen LogP contribution < -0.4 is 0 Å². The summed E-state index contributed by atoms with van der Waals surface area (Å²) in [7, 11) is 0. The molecule has 11 aromatic carbocycles. The summed E-state index contributed by atoms with van der Waals surface area (Å²) < 4.78 is 2.61. The van der Waals surface area contributed by atoms with Gasteiger partial charge in [-0.1, -0.05) is 194 Å². The molecule has 274 valence electrons. The van der Waals surface area contributed by atoms with Crippen molar-refractivity contribution in [1.82, 2.24) is 0 Å². The molecule has 0 saturated carbocycles. The number of thiophene rings is 1. The molecule has 0 aliphatic rings. The molecule has 0 saturated heterocycles. The predicted molar refractivity (Wildman–Crippen MR) is 257 cm³/mol. The van der Waals surface area contributed by atoms with Gasteiger partial charge in [0.05, 0.1) is 0 Å². The van der Waals surface area contributed by atoms with Gasteiger partial charge in [-0.2, -0.15) is 0 Å². The molecule has 0 aliphatic carbocycles. The van der Waals surface area contributed by atoms with Crippen molar-refractivity contribution in [2.24, 2.45) is 0 Å². The predicted octanol–water partition coefficient (Wildman–Crippen LogP) is 17.0. The average molecular weight is 765 g/mol. The van der Waals surface area contributed by atoms with E-state index in [0.717, 1.165) is 0 Å². The minimum atomic E-state index is 1.23. The molecule has 0 atom stereocenters. The van der Waals surface area contributed by atoms with E-state index in [1.54, 1.807) is 0 Å². The molecule has 0 nitrogen and oxygen atoms in total. The third-order valence-corrected chi connectivity index (χ3v) is 13.4. The van der Waals surface area contributed by atoms with Crippen LogP contribution in [0.25, 0.3) is 119 Å². The minimum absolute atomic E-state index is 1.23. The lowest BCUT2D eigenvalue weighted by Gasteiger charge is -2.18. The van der Waals surface area contributed by atoms with Crippen LogP contribution in [0.1, 0.15) is 0 Å². The fourth-order valence-corrected chi connectivity index (χ4v) is 10.8. The lowest BCUT2D eigenvalue weighted by molar-refractivity contribution is 1.61. The summed E-state index contributed by atoms with van der Waals surface area (Å²) in [6.45, 7) is 0. The van der Waals surface area contributed by atoms with Crippen LogP contribution >= 0.6 is 11.3 Å². The van der Waals surface area contributed by atoms with Gasteiger partial charge in [-0.05, 0) is 123 Å². The number of fused-ring (bicyclic) bond motifs is 7. The molecule has 0 unspecified atom stereocenters. The van der Waals surface area contributed by atoms with Crippen LogP contribution in [0.5, 0.6) is 0 Å². The topological polar surface area (TPSA) is 0 Å². The first-order valence-corrected chi connectivity index (χ1v) is 21.2. The van der Waals surface area contributed by atoms with Gasteiger partial charge in [-0.15, -0.1) is 11.3 Å². The van der Waals surface area contributed by atoms with Gasteiger partial charge in [-0.25, -0.2) is 0 Å². The summed E-state index contributed by atoms with van der Waals surface area (Å²) in [6.07, 6.45) is 0. The zero-order valence-electron chi connectivity index (χ0n) is 32.2. The normalized spacial score (nSPS) is 11.7. The molecule has 0 N–H and O–H groups in total. The number of rotatable bonds is 5. The Balaban J connectivity index is 1.04. The molecule has 0 spiro atoms. The first kappa shape index (κ1) is 33.8. The van der Waals surface area contributed by atoms with Crippen molar-refractivity contribution < 1.29 is 0 Å². The van der Waals surface area contributed by atoms with Gasteiger partial charge in [-0.3, -0.25) is 0 Å². The van der Waals surface area contributed by atoms with Crippen molar-refractivity contribution in [1.29, 1.82) is 0 Å². The minimum Gasteiger partial charge on any atom is -0.135 e. The zero-order valence-corrected chi connectivity index (χ0v) is 33.0. The molecule has 0 amide bonds. The van der Waals surface area contributed by atoms with E-state index in [-0.39, 0.29) is 0 Å². The van der Waals surface area contributed by atoms with E-state index in [2.05, 4.69) is 218 Å². The molecule has 1 heterocycles. The van der Waals surface area contributed by atoms with Crippen LogP contribution in [0.15, 0.2) is 218 Å². The van der Waals surface area contributed by atoms with Crippen LogP contribution in [0.3, 0.4) is 0 Å². The molecule has 0 aliphatic heterocycles. The quantitative estimate of drug-likeness (QED) is 0.153. The number of hydrogen-bond acceptors (Lipinski definition) is 1. The Hall–Kier alpha value is -7.32. The highest BCUT2D eigenvalue weighted by Gasteiger charge is 2.20. The van der Waals surface area contributed by atoms with Crippen LogP contribution in [-0.2, 0) is 0 Å². The average Bonchev–Trinajstić information content (AvgIpc) is 3.67. The summed E-state index contributed by atoms with van der Waals surface area (Å²) in [6, 6.07) is 80.6. The molecule has 59 heavy (non-hydrogen) atoms. The molecule has 12 aromatic rings. The lowest BCUT2D eigenvalue weighted by Crippen LogP contribution is -1.91. The maximum absolute atomic E-state index is 2.44. The summed E-state index contributed by atoms with van der Waals surface area (Å²) in [5.74, 6) is 0. The SMILES string of the molecule is c1ccc(-c2cccc(-c3c4ccccc4c(-c4ccc5c(c4)sc4ccc(-c6c7ccccc7c(-c7ccccc7)c7ccccc67)cc45)c4ccccc34)c2)cc1. The van der Waals surface area contributed by atoms with Crippen LogP contribution in [-0.4, -0.2) is 0 Å². The van der Waals surface area contributed by atoms with Gasteiger partial charge in [0, 0.05) is 20.2 Å². The van der Waals surface area contributed by atoms with Crippen molar-refractivity contribution in [3.05, 3.63) is 218 Å². The van der Waals surface area contributed by atoms with E-state index in [9.17, 15) is 0 Å². The van der Waals surface area contributed by atoms with E-state index < -0.39 is 0 Å². The molecular weight excluding hydrogens is 729 g/mol. The second-order valence-electron chi connectivity index (χ2n) is 15.5. The molecule has 1 heteroatoms. The second-order valence-corrected chi connectivity index (χ2v) is 16.6. The van der Waals surface area contributed by atoms with Crippen molar-refractivity contribution in [3.63, 3.8) is 0 Å². The highest BCUT2D eigenvalue weighted by molar-refractivity contribution is 7.25. The van der Waals surface area contributed by atoms with E-state index >= 15 is 0 Å². The highest BCUT2D eigenvalue weighted by Crippen LogP contribution is 2.48. The van der Waals surface area contributed by atoms with Gasteiger partial charge >= 0.3 is 0 Å². The third-order valence-electron chi connectivity index (χ3n) is 12.2. The molecule has 1 aromatic heterocycles. The molecule has 0 radical (unpaired) electrons. The maximum atomic E-state index is 2.44. The third kappa shape index (κ3) is 5.43. The Kier molecular flexibility index (Phi) is 7.82. The number of benzene rings is 11. The second kappa shape index (κ2) is 13.7. The van der Waals surface area contributed by atoms with E-state index in [0.29, 0.717) is 0 Å². The smallest absolute Gasteiger partial charge is 0.0361 e. The standard InChI is InChI=1S/C58H36S/c1-3-16-37(17-4-1)39-20-15-21-40(34-39)56-48-26-11-13-28-50(48)58(51-29-14-12-27-49(51)56)42-30-32-43-52-35-41(31-33-53(52)59-54(43)36-42)57-46-24-9-7-22-44(46)55(38-18-5-2-6-19-38)45-23-8-10-25-47(45)57/h1-36H. The fraction of sp³-hybridized carbons (Fsp3) is 0. The summed E-state index contributed by atoms with van der Waals surface area (Å²) >= 11 is 1.89. The zero-order chi connectivity index (χ0) is 38.9. The Morgan fingerprint density at radius 2 is 0.559 bits per heavy atom. The van der Waals surface area contributed by atoms with Gasteiger partial charge in [0.1, 0.15) is 0 Å². The van der Waals surface area contributed by atoms with Crippen molar-refractivity contribution in [3.8, 4) is 55.6 Å². The molecule has 0 bridgehead atoms. The Morgan fingerprint density at radius 1 is 0.186 bits per heavy atom. The fourth-order valence-electron chi connectivity index (χ4n) is 9.68. The Morgan fingerprint density at radius 3 is 1.07 bits per heavy atom. The first-order valence-electron chi connectivity index (χ1n) is 20.3. The summed E-state index contributed by atoms with van der Waals surface area (Å²) in [5.41, 5.74) is 12.6. The Bertz CT molecular complexity index is 3480. The van der Waals surface area contributed by atoms with Crippen molar-refractivity contribution in [2.45, 2.75) is 0 Å². The lowest BCUT2D eigenvalue weighted by atomic mass is 9.85. The largest absolute Gasteiger partial charge is 0.135 e. The number of hydrogen-bond donors (Lipinski definition) is 0. The van der Waals surface area contributed by atoms with Crippen LogP contribution in [0.2, 0.25) is 0 Å². The van der Waals surface area contributed by atoms with E-state index in [1.807, 2.05) is 11.3 Å². The Labute approximate surface area is 346 Å². The van der Waals surface area contributed by atoms with E-state index in [1.165, 1.54) is 119 Å². The first-order chi connectivity index (χ1) is 29.3. The van der Waals surface area contributed by atoms with Crippen LogP contribution in [0, 0.1) is 0 Å². The molecule has 0 fully saturated rings. The van der Waals surface area contributed by atoms with Crippen LogP contribution in [0.4, 0.5) is 0 Å². The highest BCUT2D eigenvalue weighted by atomic mass is 32.1. The van der Waals surface area contributed by atoms with Crippen molar-refractivity contribution in [2.75, 3.05) is 0 Å². The van der Waals surface area contributed by atoms with Gasteiger partial charge in [0.2, 0.25) is 0 Å². The summed E-state index contributed by atoms with van der Waals surface area (Å²) in [5, 5.41) is 12.8. The molecule has 12 rings (SSSR count). The van der Waals surface area contributed by atoms with Gasteiger partial charge < -0.3 is 0 Å². The summed E-state index contributed by atoms with van der Waals surface area (Å²) in [4.78, 5) is 0. The van der Waals surface area contributed by atoms with Crippen molar-refractivity contribution >= 4 is 74.6 Å². The molecular formula is C58H36S.